The molecule has 0 radical (unpaired) electrons. The molecule has 4 atom stereocenters. The van der Waals surface area contributed by atoms with E-state index in [0.29, 0.717) is 42.9 Å². The van der Waals surface area contributed by atoms with Gasteiger partial charge in [-0.05, 0) is 119 Å². The first-order valence-corrected chi connectivity index (χ1v) is 26.0. The van der Waals surface area contributed by atoms with E-state index in [4.69, 9.17) is 10.7 Å². The maximum absolute atomic E-state index is 14.4. The average molecular weight is 995 g/mol. The number of benzene rings is 1. The molecule has 19 nitrogen and oxygen atoms in total. The molecule has 7 aliphatic rings. The number of piperazine rings is 1. The normalized spacial score (nSPS) is 24.7. The van der Waals surface area contributed by atoms with Crippen LogP contribution in [0.4, 0.5) is 28.6 Å². The second-order valence-electron chi connectivity index (χ2n) is 22.5. The van der Waals surface area contributed by atoms with E-state index in [1.807, 2.05) is 35.4 Å². The van der Waals surface area contributed by atoms with Crippen LogP contribution in [0.3, 0.4) is 0 Å². The molecule has 3 aromatic heterocycles. The summed E-state index contributed by atoms with van der Waals surface area (Å²) in [5.41, 5.74) is 11.7. The Morgan fingerprint density at radius 3 is 2.29 bits per heavy atom. The Bertz CT molecular complexity index is 2920. The van der Waals surface area contributed by atoms with E-state index >= 15 is 0 Å². The molecule has 6 amide bonds. The Balaban J connectivity index is 0.740. The molecule has 73 heavy (non-hydrogen) atoms. The van der Waals surface area contributed by atoms with Crippen molar-refractivity contribution in [2.24, 2.45) is 11.1 Å². The number of nitrogens with two attached hydrogens (primary N) is 1. The van der Waals surface area contributed by atoms with Crippen LogP contribution in [0.2, 0.25) is 0 Å². The lowest BCUT2D eigenvalue weighted by Gasteiger charge is -2.52. The zero-order chi connectivity index (χ0) is 51.2. The second kappa shape index (κ2) is 18.3. The van der Waals surface area contributed by atoms with Crippen molar-refractivity contribution in [1.29, 1.82) is 0 Å². The van der Waals surface area contributed by atoms with E-state index in [1.165, 1.54) is 11.3 Å². The highest BCUT2D eigenvalue weighted by Gasteiger charge is 2.49. The summed E-state index contributed by atoms with van der Waals surface area (Å²) in [7, 11) is 0. The maximum Gasteiger partial charge on any atom is 0.270 e. The van der Waals surface area contributed by atoms with E-state index in [1.54, 1.807) is 32.2 Å². The predicted octanol–water partition coefficient (Wildman–Crippen LogP) is 4.09. The van der Waals surface area contributed by atoms with E-state index in [-0.39, 0.29) is 53.1 Å². The van der Waals surface area contributed by atoms with Gasteiger partial charge in [-0.15, -0.1) is 0 Å². The van der Waals surface area contributed by atoms with Crippen molar-refractivity contribution >= 4 is 64.0 Å². The van der Waals surface area contributed by atoms with Crippen LogP contribution in [0.5, 0.6) is 0 Å². The van der Waals surface area contributed by atoms with Gasteiger partial charge in [0, 0.05) is 88.4 Å². The maximum atomic E-state index is 14.4. The average Bonchev–Trinajstić information content (AvgIpc) is 3.95. The summed E-state index contributed by atoms with van der Waals surface area (Å²) in [5, 5.41) is 17.7. The fourth-order valence-electron chi connectivity index (χ4n) is 13.3. The van der Waals surface area contributed by atoms with Gasteiger partial charge in [0.25, 0.3) is 23.6 Å². The summed E-state index contributed by atoms with van der Waals surface area (Å²) < 4.78 is 2.22. The van der Waals surface area contributed by atoms with Gasteiger partial charge in [-0.25, -0.2) is 9.97 Å². The summed E-state index contributed by atoms with van der Waals surface area (Å²) in [5.74, 6) is -2.24. The zero-order valence-electron chi connectivity index (χ0n) is 42.4. The molecule has 0 bridgehead atoms. The van der Waals surface area contributed by atoms with Crippen molar-refractivity contribution in [3.8, 4) is 0 Å². The van der Waals surface area contributed by atoms with Gasteiger partial charge in [-0.3, -0.25) is 43.9 Å². The summed E-state index contributed by atoms with van der Waals surface area (Å²) in [6.07, 6.45) is 8.86. The molecule has 4 aromatic rings. The lowest BCUT2D eigenvalue weighted by molar-refractivity contribution is -0.136. The van der Waals surface area contributed by atoms with Crippen LogP contribution in [-0.4, -0.2) is 151 Å². The first kappa shape index (κ1) is 48.4. The Morgan fingerprint density at radius 1 is 0.822 bits per heavy atom. The molecular formula is C54H66N12O7. The summed E-state index contributed by atoms with van der Waals surface area (Å²) >= 11 is 0. The molecule has 4 fully saturated rings. The fraction of sp³-hybridized carbons (Fsp3) is 0.519. The number of piperidine rings is 3. The van der Waals surface area contributed by atoms with Crippen LogP contribution in [0.1, 0.15) is 126 Å². The number of imide groups is 2. The van der Waals surface area contributed by atoms with Crippen LogP contribution < -0.4 is 31.1 Å². The Kier molecular flexibility index (Phi) is 12.1. The second-order valence-corrected chi connectivity index (χ2v) is 22.5. The number of aromatic nitrogens is 3. The van der Waals surface area contributed by atoms with E-state index in [2.05, 4.69) is 66.6 Å². The molecule has 4 saturated heterocycles. The quantitative estimate of drug-likeness (QED) is 0.165. The number of pyridine rings is 2. The lowest BCUT2D eigenvalue weighted by atomic mass is 9.83. The monoisotopic (exact) mass is 995 g/mol. The minimum absolute atomic E-state index is 0.0104. The third kappa shape index (κ3) is 8.66. The van der Waals surface area contributed by atoms with Gasteiger partial charge in [-0.2, -0.15) is 0 Å². The number of nitrogens with one attached hydrogen (secondary N) is 2. The third-order valence-corrected chi connectivity index (χ3v) is 16.6. The SMILES string of the molecule is C[C@H]1CN(C2CCN(c3ccc4c(c3)C(=O)N(C3CCC(=O)NC3=O)C4=O)CC2)CCN1c1ccc(Nc2c(N3CCC[C@@H](N4CCn5c(cc6c5CC(C)(C)C6)C4=O)[C@@H]3C(C)(C)O)ccnc2C(N)=O)nc1. The summed E-state index contributed by atoms with van der Waals surface area (Å²) in [6, 6.07) is 11.9. The lowest BCUT2D eigenvalue weighted by Crippen LogP contribution is -2.65. The molecule has 0 spiro atoms. The molecule has 6 aliphatic heterocycles. The summed E-state index contributed by atoms with van der Waals surface area (Å²) in [4.78, 5) is 100. The Labute approximate surface area is 425 Å². The van der Waals surface area contributed by atoms with Gasteiger partial charge in [0.05, 0.1) is 52.1 Å². The molecule has 1 aromatic carbocycles. The Morgan fingerprint density at radius 2 is 1.58 bits per heavy atom. The number of nitrogens with zero attached hydrogens (tertiary/aromatic N) is 9. The molecule has 11 rings (SSSR count). The zero-order valence-corrected chi connectivity index (χ0v) is 42.4. The summed E-state index contributed by atoms with van der Waals surface area (Å²) in [6.45, 7) is 16.3. The fourth-order valence-corrected chi connectivity index (χ4v) is 13.3. The number of carbonyl (C=O) groups is 6. The van der Waals surface area contributed by atoms with E-state index in [9.17, 15) is 33.9 Å². The highest BCUT2D eigenvalue weighted by molar-refractivity contribution is 6.23. The number of hydrogen-bond acceptors (Lipinski definition) is 14. The highest BCUT2D eigenvalue weighted by Crippen LogP contribution is 2.43. The highest BCUT2D eigenvalue weighted by atomic mass is 16.3. The molecule has 0 saturated carbocycles. The van der Waals surface area contributed by atoms with Crippen LogP contribution in [-0.2, 0) is 29.0 Å². The topological polar surface area (TPSA) is 223 Å². The van der Waals surface area contributed by atoms with Crippen molar-refractivity contribution in [2.45, 2.75) is 128 Å². The molecular weight excluding hydrogens is 929 g/mol. The Hall–Kier alpha value is -6.86. The van der Waals surface area contributed by atoms with Gasteiger partial charge >= 0.3 is 0 Å². The minimum Gasteiger partial charge on any atom is -0.388 e. The molecule has 1 unspecified atom stereocenters. The first-order chi connectivity index (χ1) is 34.8. The third-order valence-electron chi connectivity index (χ3n) is 16.6. The molecule has 19 heteroatoms. The van der Waals surface area contributed by atoms with Gasteiger partial charge in [-0.1, -0.05) is 13.8 Å². The van der Waals surface area contributed by atoms with Gasteiger partial charge in [0.2, 0.25) is 11.8 Å². The van der Waals surface area contributed by atoms with Crippen molar-refractivity contribution in [3.05, 3.63) is 88.6 Å². The number of carbonyl (C=O) groups excluding carboxylic acids is 6. The molecule has 9 heterocycles. The molecule has 1 aliphatic carbocycles. The number of rotatable bonds is 10. The molecule has 384 valence electrons. The van der Waals surface area contributed by atoms with Crippen molar-refractivity contribution < 1.29 is 33.9 Å². The van der Waals surface area contributed by atoms with Gasteiger partial charge in [0.1, 0.15) is 17.6 Å². The van der Waals surface area contributed by atoms with Crippen LogP contribution >= 0.6 is 0 Å². The molecule has 5 N–H and O–H groups in total. The van der Waals surface area contributed by atoms with Gasteiger partial charge in [0.15, 0.2) is 5.69 Å². The first-order valence-electron chi connectivity index (χ1n) is 26.0. The smallest absolute Gasteiger partial charge is 0.270 e. The van der Waals surface area contributed by atoms with Crippen molar-refractivity contribution in [2.75, 3.05) is 65.8 Å². The predicted molar refractivity (Wildman–Crippen MR) is 274 cm³/mol. The minimum atomic E-state index is -1.25. The number of fused-ring (bicyclic) bond motifs is 4. The van der Waals surface area contributed by atoms with Gasteiger partial charge < -0.3 is 40.3 Å². The van der Waals surface area contributed by atoms with E-state index in [0.717, 1.165) is 93.2 Å². The largest absolute Gasteiger partial charge is 0.388 e. The van der Waals surface area contributed by atoms with Crippen LogP contribution in [0, 0.1) is 5.41 Å². The van der Waals surface area contributed by atoms with Crippen LogP contribution in [0.25, 0.3) is 0 Å². The van der Waals surface area contributed by atoms with Crippen molar-refractivity contribution in [3.63, 3.8) is 0 Å². The number of amides is 6. The number of anilines is 5. The standard InChI is InChI=1S/C54H66N12O7/c1-31-30-61(33-15-19-60(20-16-33)34-8-10-36-37(26-34)51(71)66(50(36)70)40-11-13-44(67)59-49(40)69)21-22-62(31)35-9-12-43(57-29-35)58-45-38(14-17-56-46(45)48(55)68)64-18-6-7-39(47(64)54(4,5)73)65-24-23-63-41(52(65)72)25-32-27-53(2,3)28-42(32)63/h8-10,12,14,17,25-26,29,31,33,39-40,47,73H,6-7,11,13,15-16,18-24,27-28,30H2,1-5H3,(H2,55,68)(H,57,58)(H,59,67,69)/t31-,39+,40?,47+/m0/s1. The number of primary amides is 1. The van der Waals surface area contributed by atoms with Crippen LogP contribution in [0.15, 0.2) is 54.9 Å². The van der Waals surface area contributed by atoms with Crippen molar-refractivity contribution in [1.82, 2.24) is 34.6 Å². The van der Waals surface area contributed by atoms with E-state index < -0.39 is 47.2 Å². The number of hydrogen-bond donors (Lipinski definition) is 4. The number of aliphatic hydroxyl groups is 1.